The third kappa shape index (κ3) is 3.05. The third-order valence-electron chi connectivity index (χ3n) is 3.67. The average Bonchev–Trinajstić information content (AvgIpc) is 3.17. The molecule has 1 saturated heterocycles. The second-order valence-electron chi connectivity index (χ2n) is 5.14. The largest absolute Gasteiger partial charge is 0.375 e. The Kier molecular flexibility index (Phi) is 4.54. The minimum absolute atomic E-state index is 0.0478. The van der Waals surface area contributed by atoms with E-state index in [0.29, 0.717) is 18.3 Å². The fraction of sp³-hybridized carbons (Fsp3) is 0.400. The van der Waals surface area contributed by atoms with Gasteiger partial charge >= 0.3 is 0 Å². The summed E-state index contributed by atoms with van der Waals surface area (Å²) in [5, 5.41) is 4.03. The molecule has 1 aliphatic rings. The number of likely N-dealkylation sites (tertiary alicyclic amines) is 1. The lowest BCUT2D eigenvalue weighted by molar-refractivity contribution is -0.136. The van der Waals surface area contributed by atoms with Crippen molar-refractivity contribution in [2.75, 3.05) is 20.3 Å². The molecule has 0 bridgehead atoms. The number of hydrogen-bond acceptors (Lipinski definition) is 5. The predicted octanol–water partition coefficient (Wildman–Crippen LogP) is 2.81. The molecule has 3 rings (SSSR count). The standard InChI is InChI=1S/C15H16BrN3O3/c1-21-9-13(20)19-8-2-3-12(19)15-17-14(18-22-15)10-4-6-11(16)7-5-10/h4-7,12H,2-3,8-9H2,1H3. The molecule has 2 aromatic rings. The Hall–Kier alpha value is -1.73. The maximum Gasteiger partial charge on any atom is 0.249 e. The van der Waals surface area contributed by atoms with Crippen molar-refractivity contribution in [1.82, 2.24) is 15.0 Å². The van der Waals surface area contributed by atoms with E-state index in [4.69, 9.17) is 9.26 Å². The minimum Gasteiger partial charge on any atom is -0.375 e. The lowest BCUT2D eigenvalue weighted by atomic mass is 10.2. The van der Waals surface area contributed by atoms with Crippen molar-refractivity contribution in [2.24, 2.45) is 0 Å². The highest BCUT2D eigenvalue weighted by Crippen LogP contribution is 2.32. The van der Waals surface area contributed by atoms with Crippen LogP contribution in [0, 0.1) is 0 Å². The molecule has 6 nitrogen and oxygen atoms in total. The summed E-state index contributed by atoms with van der Waals surface area (Å²) in [7, 11) is 1.52. The van der Waals surface area contributed by atoms with Gasteiger partial charge in [-0.2, -0.15) is 4.98 Å². The molecular formula is C15H16BrN3O3. The molecule has 1 fully saturated rings. The van der Waals surface area contributed by atoms with E-state index in [-0.39, 0.29) is 18.6 Å². The summed E-state index contributed by atoms with van der Waals surface area (Å²) in [6, 6.07) is 7.53. The molecular weight excluding hydrogens is 350 g/mol. The highest BCUT2D eigenvalue weighted by Gasteiger charge is 2.33. The normalized spacial score (nSPS) is 17.9. The number of carbonyl (C=O) groups excluding carboxylic acids is 1. The van der Waals surface area contributed by atoms with Crippen LogP contribution in [0.15, 0.2) is 33.3 Å². The zero-order valence-corrected chi connectivity index (χ0v) is 13.7. The van der Waals surface area contributed by atoms with Crippen LogP contribution in [-0.2, 0) is 9.53 Å². The zero-order valence-electron chi connectivity index (χ0n) is 12.2. The van der Waals surface area contributed by atoms with Crippen LogP contribution in [0.25, 0.3) is 11.4 Å². The van der Waals surface area contributed by atoms with Gasteiger partial charge in [0.25, 0.3) is 0 Å². The summed E-state index contributed by atoms with van der Waals surface area (Å²) >= 11 is 3.40. The van der Waals surface area contributed by atoms with Crippen LogP contribution in [0.5, 0.6) is 0 Å². The molecule has 22 heavy (non-hydrogen) atoms. The van der Waals surface area contributed by atoms with Crippen LogP contribution in [0.4, 0.5) is 0 Å². The second kappa shape index (κ2) is 6.58. The lowest BCUT2D eigenvalue weighted by Gasteiger charge is -2.21. The van der Waals surface area contributed by atoms with Crippen molar-refractivity contribution >= 4 is 21.8 Å². The highest BCUT2D eigenvalue weighted by atomic mass is 79.9. The lowest BCUT2D eigenvalue weighted by Crippen LogP contribution is -2.33. The number of carbonyl (C=O) groups is 1. The number of aromatic nitrogens is 2. The van der Waals surface area contributed by atoms with E-state index in [1.807, 2.05) is 24.3 Å². The first-order valence-electron chi connectivity index (χ1n) is 7.07. The van der Waals surface area contributed by atoms with Crippen molar-refractivity contribution in [3.8, 4) is 11.4 Å². The Labute approximate surface area is 136 Å². The zero-order chi connectivity index (χ0) is 15.5. The van der Waals surface area contributed by atoms with E-state index < -0.39 is 0 Å². The molecule has 0 spiro atoms. The average molecular weight is 366 g/mol. The summed E-state index contributed by atoms with van der Waals surface area (Å²) in [5.74, 6) is 0.974. The first kappa shape index (κ1) is 15.2. The van der Waals surface area contributed by atoms with E-state index >= 15 is 0 Å². The number of amides is 1. The topological polar surface area (TPSA) is 68.5 Å². The molecule has 1 aromatic heterocycles. The fourth-order valence-corrected chi connectivity index (χ4v) is 2.88. The molecule has 1 atom stereocenters. The van der Waals surface area contributed by atoms with Crippen LogP contribution in [0.3, 0.4) is 0 Å². The van der Waals surface area contributed by atoms with Gasteiger partial charge in [0, 0.05) is 23.7 Å². The summed E-state index contributed by atoms with van der Waals surface area (Å²) < 4.78 is 11.3. The number of hydrogen-bond donors (Lipinski definition) is 0. The van der Waals surface area contributed by atoms with Crippen molar-refractivity contribution < 1.29 is 14.1 Å². The fourth-order valence-electron chi connectivity index (χ4n) is 2.62. The van der Waals surface area contributed by atoms with Crippen LogP contribution in [0.1, 0.15) is 24.8 Å². The van der Waals surface area contributed by atoms with Gasteiger partial charge in [0.15, 0.2) is 0 Å². The van der Waals surface area contributed by atoms with Gasteiger partial charge in [-0.3, -0.25) is 4.79 Å². The van der Waals surface area contributed by atoms with Gasteiger partial charge in [-0.1, -0.05) is 21.1 Å². The number of halogens is 1. The van der Waals surface area contributed by atoms with Gasteiger partial charge in [-0.15, -0.1) is 0 Å². The molecule has 2 heterocycles. The van der Waals surface area contributed by atoms with Crippen molar-refractivity contribution in [3.63, 3.8) is 0 Å². The smallest absolute Gasteiger partial charge is 0.249 e. The number of methoxy groups -OCH3 is 1. The maximum atomic E-state index is 12.0. The van der Waals surface area contributed by atoms with E-state index in [1.54, 1.807) is 4.90 Å². The molecule has 1 aromatic carbocycles. The van der Waals surface area contributed by atoms with Crippen LogP contribution >= 0.6 is 15.9 Å². The second-order valence-corrected chi connectivity index (χ2v) is 6.06. The SMILES string of the molecule is COCC(=O)N1CCCC1c1nc(-c2ccc(Br)cc2)no1. The molecule has 0 radical (unpaired) electrons. The molecule has 7 heteroatoms. The Morgan fingerprint density at radius 2 is 2.23 bits per heavy atom. The Morgan fingerprint density at radius 3 is 2.95 bits per heavy atom. The monoisotopic (exact) mass is 365 g/mol. The van der Waals surface area contributed by atoms with E-state index in [2.05, 4.69) is 26.1 Å². The van der Waals surface area contributed by atoms with E-state index in [9.17, 15) is 4.79 Å². The summed E-state index contributed by atoms with van der Waals surface area (Å²) in [5.41, 5.74) is 0.881. The quantitative estimate of drug-likeness (QED) is 0.833. The Balaban J connectivity index is 1.80. The van der Waals surface area contributed by atoms with Gasteiger partial charge in [-0.05, 0) is 37.1 Å². The Bertz CT molecular complexity index is 656. The van der Waals surface area contributed by atoms with Gasteiger partial charge in [0.2, 0.25) is 17.6 Å². The van der Waals surface area contributed by atoms with Gasteiger partial charge in [0.05, 0.1) is 0 Å². The maximum absolute atomic E-state index is 12.0. The summed E-state index contributed by atoms with van der Waals surface area (Å²) in [4.78, 5) is 18.3. The predicted molar refractivity (Wildman–Crippen MR) is 83.0 cm³/mol. The first-order valence-corrected chi connectivity index (χ1v) is 7.86. The van der Waals surface area contributed by atoms with Crippen molar-refractivity contribution in [2.45, 2.75) is 18.9 Å². The number of benzene rings is 1. The molecule has 0 saturated carbocycles. The number of rotatable bonds is 4. The van der Waals surface area contributed by atoms with Crippen molar-refractivity contribution in [3.05, 3.63) is 34.6 Å². The molecule has 0 N–H and O–H groups in total. The van der Waals surface area contributed by atoms with Crippen LogP contribution in [-0.4, -0.2) is 41.2 Å². The van der Waals surface area contributed by atoms with Gasteiger partial charge in [-0.25, -0.2) is 0 Å². The van der Waals surface area contributed by atoms with Crippen LogP contribution in [0.2, 0.25) is 0 Å². The molecule has 116 valence electrons. The Morgan fingerprint density at radius 1 is 1.45 bits per heavy atom. The van der Waals surface area contributed by atoms with Gasteiger partial charge < -0.3 is 14.2 Å². The van der Waals surface area contributed by atoms with E-state index in [1.165, 1.54) is 7.11 Å². The first-order chi connectivity index (χ1) is 10.7. The number of ether oxygens (including phenoxy) is 1. The molecule has 1 aliphatic heterocycles. The van der Waals surface area contributed by atoms with E-state index in [0.717, 1.165) is 22.9 Å². The minimum atomic E-state index is -0.153. The van der Waals surface area contributed by atoms with Crippen LogP contribution < -0.4 is 0 Å². The summed E-state index contributed by atoms with van der Waals surface area (Å²) in [6.45, 7) is 0.771. The highest BCUT2D eigenvalue weighted by molar-refractivity contribution is 9.10. The summed E-state index contributed by atoms with van der Waals surface area (Å²) in [6.07, 6.45) is 1.76. The molecule has 1 unspecified atom stereocenters. The third-order valence-corrected chi connectivity index (χ3v) is 4.20. The molecule has 0 aliphatic carbocycles. The van der Waals surface area contributed by atoms with Crippen molar-refractivity contribution in [1.29, 1.82) is 0 Å². The molecule has 1 amide bonds. The number of nitrogens with zero attached hydrogens (tertiary/aromatic N) is 3. The van der Waals surface area contributed by atoms with Gasteiger partial charge in [0.1, 0.15) is 12.6 Å².